The molecule has 2 N–H and O–H groups in total. The lowest BCUT2D eigenvalue weighted by Crippen LogP contribution is -2.11. The molecule has 1 aromatic heterocycles. The number of benzene rings is 1. The highest BCUT2D eigenvalue weighted by molar-refractivity contribution is 5.47. The van der Waals surface area contributed by atoms with Crippen LogP contribution in [0, 0.1) is 19.8 Å². The maximum Gasteiger partial charge on any atom is 0.132 e. The highest BCUT2D eigenvalue weighted by atomic mass is 15.1. The third-order valence-electron chi connectivity index (χ3n) is 3.12. The van der Waals surface area contributed by atoms with Crippen LogP contribution in [0.15, 0.2) is 30.3 Å². The molecule has 0 spiro atoms. The highest BCUT2D eigenvalue weighted by Crippen LogP contribution is 2.13. The summed E-state index contributed by atoms with van der Waals surface area (Å²) >= 11 is 0. The van der Waals surface area contributed by atoms with Crippen LogP contribution in [0.4, 0.5) is 11.6 Å². The van der Waals surface area contributed by atoms with E-state index >= 15 is 0 Å². The first kappa shape index (κ1) is 15.3. The normalized spacial score (nSPS) is 10.7. The van der Waals surface area contributed by atoms with Crippen LogP contribution in [-0.2, 0) is 6.54 Å². The van der Waals surface area contributed by atoms with E-state index in [4.69, 9.17) is 0 Å². The fraction of sp³-hybridized carbons (Fsp3) is 0.412. The summed E-state index contributed by atoms with van der Waals surface area (Å²) in [6.45, 7) is 10.0. The van der Waals surface area contributed by atoms with Gasteiger partial charge in [-0.25, -0.2) is 9.97 Å². The summed E-state index contributed by atoms with van der Waals surface area (Å²) in [7, 11) is 0. The lowest BCUT2D eigenvalue weighted by atomic mass is 10.1. The Bertz CT molecular complexity index is 576. The molecule has 0 amide bonds. The van der Waals surface area contributed by atoms with Crippen molar-refractivity contribution in [3.8, 4) is 0 Å². The molecule has 21 heavy (non-hydrogen) atoms. The third kappa shape index (κ3) is 5.06. The van der Waals surface area contributed by atoms with Gasteiger partial charge in [-0.1, -0.05) is 43.7 Å². The minimum atomic E-state index is 0.587. The van der Waals surface area contributed by atoms with Crippen molar-refractivity contribution in [3.63, 3.8) is 0 Å². The van der Waals surface area contributed by atoms with Crippen LogP contribution in [0.3, 0.4) is 0 Å². The number of anilines is 2. The number of aryl methyl sites for hydroxylation is 2. The fourth-order valence-electron chi connectivity index (χ4n) is 1.96. The van der Waals surface area contributed by atoms with Crippen LogP contribution < -0.4 is 10.6 Å². The van der Waals surface area contributed by atoms with Gasteiger partial charge in [0, 0.05) is 19.2 Å². The second-order valence-electron chi connectivity index (χ2n) is 5.80. The first-order valence-electron chi connectivity index (χ1n) is 7.42. The molecule has 0 radical (unpaired) electrons. The number of hydrogen-bond donors (Lipinski definition) is 2. The summed E-state index contributed by atoms with van der Waals surface area (Å²) in [4.78, 5) is 8.84. The van der Waals surface area contributed by atoms with Gasteiger partial charge in [-0.2, -0.15) is 0 Å². The van der Waals surface area contributed by atoms with Gasteiger partial charge in [-0.3, -0.25) is 0 Å². The van der Waals surface area contributed by atoms with Crippen LogP contribution in [0.1, 0.15) is 30.8 Å². The Morgan fingerprint density at radius 2 is 1.57 bits per heavy atom. The molecule has 0 fully saturated rings. The molecule has 4 heteroatoms. The molecule has 4 nitrogen and oxygen atoms in total. The first-order valence-corrected chi connectivity index (χ1v) is 7.42. The predicted molar refractivity (Wildman–Crippen MR) is 88.6 cm³/mol. The quantitative estimate of drug-likeness (QED) is 0.847. The van der Waals surface area contributed by atoms with Crippen molar-refractivity contribution >= 4 is 11.6 Å². The van der Waals surface area contributed by atoms with E-state index in [1.165, 1.54) is 11.1 Å². The third-order valence-corrected chi connectivity index (χ3v) is 3.12. The minimum absolute atomic E-state index is 0.587. The molecule has 112 valence electrons. The van der Waals surface area contributed by atoms with Crippen molar-refractivity contribution in [1.82, 2.24) is 9.97 Å². The van der Waals surface area contributed by atoms with Crippen molar-refractivity contribution < 1.29 is 0 Å². The average molecular weight is 284 g/mol. The molecule has 0 aliphatic carbocycles. The second kappa shape index (κ2) is 7.07. The molecule has 0 saturated carbocycles. The van der Waals surface area contributed by atoms with Gasteiger partial charge in [0.1, 0.15) is 17.5 Å². The van der Waals surface area contributed by atoms with E-state index in [0.29, 0.717) is 5.92 Å². The number of rotatable bonds is 6. The van der Waals surface area contributed by atoms with Gasteiger partial charge in [0.25, 0.3) is 0 Å². The first-order chi connectivity index (χ1) is 10.0. The van der Waals surface area contributed by atoms with Crippen molar-refractivity contribution in [2.24, 2.45) is 5.92 Å². The molecular weight excluding hydrogens is 260 g/mol. The lowest BCUT2D eigenvalue weighted by Gasteiger charge is -2.11. The largest absolute Gasteiger partial charge is 0.370 e. The Morgan fingerprint density at radius 3 is 2.19 bits per heavy atom. The smallest absolute Gasteiger partial charge is 0.132 e. The highest BCUT2D eigenvalue weighted by Gasteiger charge is 2.03. The maximum atomic E-state index is 4.43. The van der Waals surface area contributed by atoms with E-state index in [2.05, 4.69) is 65.6 Å². The molecule has 2 rings (SSSR count). The Labute approximate surface area is 127 Å². The number of nitrogens with one attached hydrogen (secondary N) is 2. The van der Waals surface area contributed by atoms with Gasteiger partial charge in [0.15, 0.2) is 0 Å². The fourth-order valence-corrected chi connectivity index (χ4v) is 1.96. The van der Waals surface area contributed by atoms with Crippen molar-refractivity contribution in [2.45, 2.75) is 34.2 Å². The summed E-state index contributed by atoms with van der Waals surface area (Å²) in [5.74, 6) is 3.09. The summed E-state index contributed by atoms with van der Waals surface area (Å²) in [5.41, 5.74) is 2.52. The van der Waals surface area contributed by atoms with Crippen molar-refractivity contribution in [1.29, 1.82) is 0 Å². The van der Waals surface area contributed by atoms with Gasteiger partial charge < -0.3 is 10.6 Å². The molecule has 0 unspecified atom stereocenters. The Balaban J connectivity index is 2.00. The maximum absolute atomic E-state index is 4.43. The van der Waals surface area contributed by atoms with E-state index < -0.39 is 0 Å². The number of hydrogen-bond acceptors (Lipinski definition) is 4. The standard InChI is InChI=1S/C17H24N4/c1-12(2)10-18-16-9-17(21-14(4)20-16)19-11-15-7-5-13(3)6-8-15/h5-9,12H,10-11H2,1-4H3,(H2,18,19,20,21). The van der Waals surface area contributed by atoms with Crippen LogP contribution in [-0.4, -0.2) is 16.5 Å². The Morgan fingerprint density at radius 1 is 0.952 bits per heavy atom. The summed E-state index contributed by atoms with van der Waals surface area (Å²) < 4.78 is 0. The molecule has 1 aromatic carbocycles. The van der Waals surface area contributed by atoms with Gasteiger partial charge in [-0.05, 0) is 25.3 Å². The van der Waals surface area contributed by atoms with E-state index in [-0.39, 0.29) is 0 Å². The summed E-state index contributed by atoms with van der Waals surface area (Å²) in [5, 5.41) is 6.70. The van der Waals surface area contributed by atoms with E-state index in [1.807, 2.05) is 13.0 Å². The Kier molecular flexibility index (Phi) is 5.14. The van der Waals surface area contributed by atoms with Crippen LogP contribution in [0.25, 0.3) is 0 Å². The topological polar surface area (TPSA) is 49.8 Å². The van der Waals surface area contributed by atoms with Gasteiger partial charge >= 0.3 is 0 Å². The summed E-state index contributed by atoms with van der Waals surface area (Å²) in [6, 6.07) is 10.5. The Hall–Kier alpha value is -2.10. The SMILES string of the molecule is Cc1ccc(CNc2cc(NCC(C)C)nc(C)n2)cc1. The average Bonchev–Trinajstić information content (AvgIpc) is 2.44. The monoisotopic (exact) mass is 284 g/mol. The van der Waals surface area contributed by atoms with Crippen molar-refractivity contribution in [2.75, 3.05) is 17.2 Å². The molecule has 0 bridgehead atoms. The van der Waals surface area contributed by atoms with E-state index in [1.54, 1.807) is 0 Å². The van der Waals surface area contributed by atoms with Crippen LogP contribution in [0.2, 0.25) is 0 Å². The van der Waals surface area contributed by atoms with Crippen LogP contribution in [0.5, 0.6) is 0 Å². The zero-order chi connectivity index (χ0) is 15.2. The second-order valence-corrected chi connectivity index (χ2v) is 5.80. The predicted octanol–water partition coefficient (Wildman–Crippen LogP) is 3.77. The van der Waals surface area contributed by atoms with Gasteiger partial charge in [-0.15, -0.1) is 0 Å². The molecule has 2 aromatic rings. The zero-order valence-corrected chi connectivity index (χ0v) is 13.3. The molecule has 1 heterocycles. The van der Waals surface area contributed by atoms with E-state index in [9.17, 15) is 0 Å². The molecule has 0 aliphatic rings. The van der Waals surface area contributed by atoms with Gasteiger partial charge in [0.05, 0.1) is 0 Å². The molecular formula is C17H24N4. The number of nitrogens with zero attached hydrogens (tertiary/aromatic N) is 2. The molecule has 0 atom stereocenters. The summed E-state index contributed by atoms with van der Waals surface area (Å²) in [6.07, 6.45) is 0. The number of aromatic nitrogens is 2. The minimum Gasteiger partial charge on any atom is -0.370 e. The van der Waals surface area contributed by atoms with Gasteiger partial charge in [0.2, 0.25) is 0 Å². The van der Waals surface area contributed by atoms with Crippen LogP contribution >= 0.6 is 0 Å². The molecule has 0 aliphatic heterocycles. The zero-order valence-electron chi connectivity index (χ0n) is 13.3. The lowest BCUT2D eigenvalue weighted by molar-refractivity contribution is 0.686. The molecule has 0 saturated heterocycles. The van der Waals surface area contributed by atoms with Crippen molar-refractivity contribution in [3.05, 3.63) is 47.3 Å². The van der Waals surface area contributed by atoms with E-state index in [0.717, 1.165) is 30.5 Å².